The van der Waals surface area contributed by atoms with Gasteiger partial charge in [0.1, 0.15) is 5.75 Å². The number of para-hydroxylation sites is 1. The first-order chi connectivity index (χ1) is 13.6. The number of carbonyl (C=O) groups is 1. The molecule has 0 bridgehead atoms. The maximum atomic E-state index is 12.9. The van der Waals surface area contributed by atoms with Crippen molar-refractivity contribution < 1.29 is 9.53 Å². The van der Waals surface area contributed by atoms with Gasteiger partial charge in [-0.2, -0.15) is 5.10 Å². The topological polar surface area (TPSA) is 67.7 Å². The number of methoxy groups -OCH3 is 1. The largest absolute Gasteiger partial charge is 0.497 e. The van der Waals surface area contributed by atoms with E-state index in [2.05, 4.69) is 9.97 Å². The highest BCUT2D eigenvalue weighted by atomic mass is 16.5. The molecule has 4 rings (SSSR count). The molecule has 0 aliphatic carbocycles. The number of hydrogen-bond donors (Lipinski definition) is 0. The van der Waals surface area contributed by atoms with Crippen molar-refractivity contribution in [2.45, 2.75) is 26.3 Å². The van der Waals surface area contributed by atoms with Crippen LogP contribution in [0.15, 0.2) is 60.0 Å². The minimum Gasteiger partial charge on any atom is -0.497 e. The predicted molar refractivity (Wildman–Crippen MR) is 108 cm³/mol. The molecule has 0 spiro atoms. The van der Waals surface area contributed by atoms with Gasteiger partial charge in [0.05, 0.1) is 29.9 Å². The van der Waals surface area contributed by atoms with Crippen molar-refractivity contribution >= 4 is 22.7 Å². The van der Waals surface area contributed by atoms with E-state index >= 15 is 0 Å². The number of nitrogens with zero attached hydrogens (tertiary/aromatic N) is 4. The third-order valence-corrected chi connectivity index (χ3v) is 4.94. The van der Waals surface area contributed by atoms with Crippen molar-refractivity contribution in [2.24, 2.45) is 11.0 Å². The monoisotopic (exact) mass is 374 g/mol. The summed E-state index contributed by atoms with van der Waals surface area (Å²) >= 11 is 0. The summed E-state index contributed by atoms with van der Waals surface area (Å²) in [5, 5.41) is 6.33. The van der Waals surface area contributed by atoms with Crippen LogP contribution in [-0.2, 0) is 4.79 Å². The van der Waals surface area contributed by atoms with E-state index in [0.29, 0.717) is 6.42 Å². The molecule has 28 heavy (non-hydrogen) atoms. The number of benzene rings is 2. The number of amides is 1. The van der Waals surface area contributed by atoms with Gasteiger partial charge in [-0.15, -0.1) is 0 Å². The zero-order valence-corrected chi connectivity index (χ0v) is 16.2. The molecular formula is C22H22N4O2. The molecule has 2 heterocycles. The van der Waals surface area contributed by atoms with E-state index in [1.807, 2.05) is 56.3 Å². The van der Waals surface area contributed by atoms with Crippen LogP contribution in [0.5, 0.6) is 5.75 Å². The second kappa shape index (κ2) is 7.38. The Labute approximate surface area is 163 Å². The van der Waals surface area contributed by atoms with Crippen LogP contribution in [-0.4, -0.2) is 33.7 Å². The Morgan fingerprint density at radius 3 is 2.57 bits per heavy atom. The van der Waals surface area contributed by atoms with Gasteiger partial charge in [-0.05, 0) is 35.9 Å². The minimum atomic E-state index is -0.201. The Kier molecular flexibility index (Phi) is 4.77. The lowest BCUT2D eigenvalue weighted by molar-refractivity contribution is -0.136. The Morgan fingerprint density at radius 2 is 1.86 bits per heavy atom. The summed E-state index contributed by atoms with van der Waals surface area (Å²) in [4.78, 5) is 21.8. The summed E-state index contributed by atoms with van der Waals surface area (Å²) in [7, 11) is 1.64. The number of ether oxygens (including phenoxy) is 1. The van der Waals surface area contributed by atoms with Crippen LogP contribution >= 0.6 is 0 Å². The lowest BCUT2D eigenvalue weighted by atomic mass is 9.96. The van der Waals surface area contributed by atoms with Crippen molar-refractivity contribution in [3.05, 3.63) is 66.0 Å². The highest BCUT2D eigenvalue weighted by Crippen LogP contribution is 2.36. The fourth-order valence-corrected chi connectivity index (χ4v) is 3.46. The summed E-state index contributed by atoms with van der Waals surface area (Å²) in [6.45, 7) is 3.78. The second-order valence-corrected chi connectivity index (χ2v) is 7.10. The van der Waals surface area contributed by atoms with Crippen LogP contribution in [0, 0.1) is 5.92 Å². The van der Waals surface area contributed by atoms with Crippen LogP contribution in [0.4, 0.5) is 0 Å². The quantitative estimate of drug-likeness (QED) is 0.693. The molecule has 0 saturated carbocycles. The zero-order valence-electron chi connectivity index (χ0n) is 16.2. The molecule has 1 atom stereocenters. The van der Waals surface area contributed by atoms with E-state index < -0.39 is 0 Å². The van der Waals surface area contributed by atoms with Gasteiger partial charge in [0, 0.05) is 30.3 Å². The summed E-state index contributed by atoms with van der Waals surface area (Å²) < 4.78 is 5.24. The Morgan fingerprint density at radius 1 is 1.11 bits per heavy atom. The standard InChI is InChI=1S/C22H22N4O2/c1-14(2)22(27)26-20(17-5-4-6-18-21(17)24-12-11-23-18)13-19(25-26)15-7-9-16(28-3)10-8-15/h4-12,14,20H,13H2,1-3H3. The Bertz CT molecular complexity index is 1040. The number of aromatic nitrogens is 2. The molecule has 6 nitrogen and oxygen atoms in total. The number of hydrazone groups is 1. The van der Waals surface area contributed by atoms with Gasteiger partial charge >= 0.3 is 0 Å². The average Bonchev–Trinajstić information content (AvgIpc) is 3.17. The first-order valence-corrected chi connectivity index (χ1v) is 9.33. The van der Waals surface area contributed by atoms with Crippen molar-refractivity contribution in [1.82, 2.24) is 15.0 Å². The van der Waals surface area contributed by atoms with E-state index in [9.17, 15) is 4.79 Å². The summed E-state index contributed by atoms with van der Waals surface area (Å²) in [6.07, 6.45) is 3.98. The van der Waals surface area contributed by atoms with Crippen LogP contribution < -0.4 is 4.74 Å². The molecule has 1 unspecified atom stereocenters. The van der Waals surface area contributed by atoms with Gasteiger partial charge in [-0.1, -0.05) is 26.0 Å². The first-order valence-electron chi connectivity index (χ1n) is 9.33. The highest BCUT2D eigenvalue weighted by molar-refractivity contribution is 6.03. The molecule has 1 aromatic heterocycles. The Balaban J connectivity index is 1.77. The SMILES string of the molecule is COc1ccc(C2=NN(C(=O)C(C)C)C(c3cccc4nccnc34)C2)cc1. The molecule has 0 fully saturated rings. The van der Waals surface area contributed by atoms with Gasteiger partial charge in [-0.3, -0.25) is 14.8 Å². The summed E-state index contributed by atoms with van der Waals surface area (Å²) in [5.74, 6) is 0.635. The van der Waals surface area contributed by atoms with Gasteiger partial charge in [0.15, 0.2) is 0 Å². The average molecular weight is 374 g/mol. The molecule has 142 valence electrons. The fraction of sp³-hybridized carbons (Fsp3) is 0.273. The van der Waals surface area contributed by atoms with Gasteiger partial charge in [0.2, 0.25) is 5.91 Å². The van der Waals surface area contributed by atoms with E-state index in [4.69, 9.17) is 9.84 Å². The van der Waals surface area contributed by atoms with Crippen molar-refractivity contribution in [3.8, 4) is 5.75 Å². The van der Waals surface area contributed by atoms with E-state index in [1.54, 1.807) is 24.5 Å². The molecule has 2 aromatic carbocycles. The first kappa shape index (κ1) is 18.1. The van der Waals surface area contributed by atoms with Crippen molar-refractivity contribution in [3.63, 3.8) is 0 Å². The molecule has 1 aliphatic heterocycles. The Hall–Kier alpha value is -3.28. The third kappa shape index (κ3) is 3.22. The van der Waals surface area contributed by atoms with Crippen LogP contribution in [0.1, 0.15) is 37.4 Å². The van der Waals surface area contributed by atoms with E-state index in [0.717, 1.165) is 33.6 Å². The van der Waals surface area contributed by atoms with Crippen LogP contribution in [0.25, 0.3) is 11.0 Å². The van der Waals surface area contributed by atoms with Gasteiger partial charge in [-0.25, -0.2) is 5.01 Å². The number of fused-ring (bicyclic) bond motifs is 1. The normalized spacial score (nSPS) is 16.5. The predicted octanol–water partition coefficient (Wildman–Crippen LogP) is 3.97. The number of carbonyl (C=O) groups excluding carboxylic acids is 1. The second-order valence-electron chi connectivity index (χ2n) is 7.10. The molecule has 0 saturated heterocycles. The molecule has 1 amide bonds. The maximum Gasteiger partial charge on any atom is 0.245 e. The van der Waals surface area contributed by atoms with Crippen LogP contribution in [0.2, 0.25) is 0 Å². The maximum absolute atomic E-state index is 12.9. The molecule has 1 aliphatic rings. The van der Waals surface area contributed by atoms with E-state index in [-0.39, 0.29) is 17.9 Å². The molecule has 6 heteroatoms. The minimum absolute atomic E-state index is 0.00518. The van der Waals surface area contributed by atoms with Gasteiger partial charge < -0.3 is 4.74 Å². The molecular weight excluding hydrogens is 352 g/mol. The highest BCUT2D eigenvalue weighted by Gasteiger charge is 2.35. The summed E-state index contributed by atoms with van der Waals surface area (Å²) in [5.41, 5.74) is 4.45. The van der Waals surface area contributed by atoms with Crippen molar-refractivity contribution in [1.29, 1.82) is 0 Å². The lowest BCUT2D eigenvalue weighted by Crippen LogP contribution is -2.30. The summed E-state index contributed by atoms with van der Waals surface area (Å²) in [6, 6.07) is 13.5. The number of hydrogen-bond acceptors (Lipinski definition) is 5. The van der Waals surface area contributed by atoms with Crippen LogP contribution in [0.3, 0.4) is 0 Å². The zero-order chi connectivity index (χ0) is 19.7. The molecule has 0 N–H and O–H groups in total. The molecule has 3 aromatic rings. The third-order valence-electron chi connectivity index (χ3n) is 4.94. The smallest absolute Gasteiger partial charge is 0.245 e. The number of rotatable bonds is 4. The lowest BCUT2D eigenvalue weighted by Gasteiger charge is -2.24. The molecule has 0 radical (unpaired) electrons. The van der Waals surface area contributed by atoms with Crippen molar-refractivity contribution in [2.75, 3.05) is 7.11 Å². The fourth-order valence-electron chi connectivity index (χ4n) is 3.46. The van der Waals surface area contributed by atoms with E-state index in [1.165, 1.54) is 0 Å². The van der Waals surface area contributed by atoms with Gasteiger partial charge in [0.25, 0.3) is 0 Å².